The lowest BCUT2D eigenvalue weighted by molar-refractivity contribution is -0.0282. The number of carbonyl (C=O) groups excluding carboxylic acids is 1. The topological polar surface area (TPSA) is 53.0 Å². The molecule has 0 aliphatic carbocycles. The molecule has 0 saturated carbocycles. The summed E-state index contributed by atoms with van der Waals surface area (Å²) in [5, 5.41) is 9.84. The van der Waals surface area contributed by atoms with E-state index in [0.29, 0.717) is 19.8 Å². The van der Waals surface area contributed by atoms with Gasteiger partial charge in [0.25, 0.3) is 5.91 Å². The van der Waals surface area contributed by atoms with Crippen molar-refractivity contribution in [1.29, 1.82) is 0 Å². The van der Waals surface area contributed by atoms with Gasteiger partial charge < -0.3 is 14.7 Å². The predicted molar refractivity (Wildman–Crippen MR) is 102 cm³/mol. The molecule has 2 aliphatic heterocycles. The fraction of sp³-hybridized carbons (Fsp3) is 0.667. The Kier molecular flexibility index (Phi) is 6.68. The molecule has 26 heavy (non-hydrogen) atoms. The van der Waals surface area contributed by atoms with E-state index in [1.54, 1.807) is 4.90 Å². The molecule has 3 rings (SSSR count). The van der Waals surface area contributed by atoms with Crippen molar-refractivity contribution in [3.05, 3.63) is 35.4 Å². The van der Waals surface area contributed by atoms with Gasteiger partial charge in [0, 0.05) is 44.3 Å². The van der Waals surface area contributed by atoms with Gasteiger partial charge in [0.2, 0.25) is 0 Å². The maximum atomic E-state index is 12.8. The van der Waals surface area contributed by atoms with E-state index in [-0.39, 0.29) is 17.9 Å². The van der Waals surface area contributed by atoms with Gasteiger partial charge in [0.05, 0.1) is 6.61 Å². The van der Waals surface area contributed by atoms with Crippen LogP contribution in [0.5, 0.6) is 0 Å². The molecular weight excluding hydrogens is 328 g/mol. The molecule has 144 valence electrons. The van der Waals surface area contributed by atoms with E-state index in [4.69, 9.17) is 4.74 Å². The molecular formula is C21H32N2O3. The molecule has 2 fully saturated rings. The van der Waals surface area contributed by atoms with Gasteiger partial charge in [-0.15, -0.1) is 0 Å². The number of rotatable bonds is 6. The molecule has 2 aliphatic rings. The Morgan fingerprint density at radius 2 is 1.81 bits per heavy atom. The zero-order valence-electron chi connectivity index (χ0n) is 16.0. The largest absolute Gasteiger partial charge is 0.396 e. The summed E-state index contributed by atoms with van der Waals surface area (Å²) in [4.78, 5) is 17.0. The summed E-state index contributed by atoms with van der Waals surface area (Å²) in [6.07, 6.45) is 5.53. The van der Waals surface area contributed by atoms with E-state index in [2.05, 4.69) is 17.0 Å². The average Bonchev–Trinajstić information content (AvgIpc) is 2.69. The van der Waals surface area contributed by atoms with E-state index < -0.39 is 0 Å². The standard InChI is InChI=1S/C21H32N2O3/c1-22(16-21(17-24)9-13-26-14-10-21)20(25)19-7-5-18(6-8-19)15-23-11-3-2-4-12-23/h5-8,24H,2-4,9-17H2,1H3. The van der Waals surface area contributed by atoms with Gasteiger partial charge in [0.1, 0.15) is 0 Å². The van der Waals surface area contributed by atoms with E-state index in [0.717, 1.165) is 24.9 Å². The summed E-state index contributed by atoms with van der Waals surface area (Å²) in [5.41, 5.74) is 1.76. The monoisotopic (exact) mass is 360 g/mol. The summed E-state index contributed by atoms with van der Waals surface area (Å²) in [6.45, 7) is 5.32. The van der Waals surface area contributed by atoms with Crippen LogP contribution < -0.4 is 0 Å². The fourth-order valence-electron chi connectivity index (χ4n) is 4.09. The van der Waals surface area contributed by atoms with E-state index >= 15 is 0 Å². The second-order valence-electron chi connectivity index (χ2n) is 7.97. The maximum Gasteiger partial charge on any atom is 0.253 e. The van der Waals surface area contributed by atoms with Gasteiger partial charge in [-0.2, -0.15) is 0 Å². The number of hydrogen-bond donors (Lipinski definition) is 1. The highest BCUT2D eigenvalue weighted by molar-refractivity contribution is 5.94. The number of benzene rings is 1. The van der Waals surface area contributed by atoms with Crippen LogP contribution in [-0.4, -0.2) is 67.3 Å². The van der Waals surface area contributed by atoms with Gasteiger partial charge >= 0.3 is 0 Å². The van der Waals surface area contributed by atoms with Crippen LogP contribution in [0.1, 0.15) is 48.0 Å². The first-order valence-electron chi connectivity index (χ1n) is 9.87. The quantitative estimate of drug-likeness (QED) is 0.847. The summed E-state index contributed by atoms with van der Waals surface area (Å²) in [7, 11) is 1.83. The second-order valence-corrected chi connectivity index (χ2v) is 7.97. The van der Waals surface area contributed by atoms with E-state index in [1.807, 2.05) is 19.2 Å². The first kappa shape index (κ1) is 19.3. The van der Waals surface area contributed by atoms with Gasteiger partial charge in [-0.25, -0.2) is 0 Å². The van der Waals surface area contributed by atoms with Gasteiger partial charge in [0.15, 0.2) is 0 Å². The minimum absolute atomic E-state index is 0.0221. The van der Waals surface area contributed by atoms with Crippen LogP contribution in [0.25, 0.3) is 0 Å². The number of aliphatic hydroxyl groups excluding tert-OH is 1. The minimum atomic E-state index is -0.225. The highest BCUT2D eigenvalue weighted by Crippen LogP contribution is 2.31. The molecule has 1 N–H and O–H groups in total. The van der Waals surface area contributed by atoms with Crippen LogP contribution in [-0.2, 0) is 11.3 Å². The molecule has 0 atom stereocenters. The van der Waals surface area contributed by atoms with Crippen molar-refractivity contribution in [2.45, 2.75) is 38.6 Å². The molecule has 5 nitrogen and oxygen atoms in total. The molecule has 0 bridgehead atoms. The highest BCUT2D eigenvalue weighted by atomic mass is 16.5. The van der Waals surface area contributed by atoms with Crippen molar-refractivity contribution in [2.75, 3.05) is 46.5 Å². The molecule has 1 aromatic rings. The lowest BCUT2D eigenvalue weighted by Crippen LogP contribution is -2.44. The molecule has 0 radical (unpaired) electrons. The number of ether oxygens (including phenoxy) is 1. The first-order chi connectivity index (χ1) is 12.6. The third kappa shape index (κ3) is 4.84. The van der Waals surface area contributed by atoms with E-state index in [1.165, 1.54) is 37.9 Å². The number of likely N-dealkylation sites (tertiary alicyclic amines) is 1. The normalized spacial score (nSPS) is 20.7. The molecule has 5 heteroatoms. The van der Waals surface area contributed by atoms with E-state index in [9.17, 15) is 9.90 Å². The van der Waals surface area contributed by atoms with Crippen molar-refractivity contribution in [3.63, 3.8) is 0 Å². The van der Waals surface area contributed by atoms with Gasteiger partial charge in [-0.1, -0.05) is 18.6 Å². The van der Waals surface area contributed by atoms with Crippen molar-refractivity contribution >= 4 is 5.91 Å². The Labute approximate surface area is 156 Å². The smallest absolute Gasteiger partial charge is 0.253 e. The second kappa shape index (κ2) is 8.98. The third-order valence-corrected chi connectivity index (χ3v) is 5.86. The van der Waals surface area contributed by atoms with Crippen molar-refractivity contribution in [3.8, 4) is 0 Å². The number of aliphatic hydroxyl groups is 1. The predicted octanol–water partition coefficient (Wildman–Crippen LogP) is 2.53. The number of hydrogen-bond acceptors (Lipinski definition) is 4. The first-order valence-corrected chi connectivity index (χ1v) is 9.87. The van der Waals surface area contributed by atoms with Gasteiger partial charge in [-0.3, -0.25) is 9.69 Å². The number of carbonyl (C=O) groups is 1. The molecule has 0 aromatic heterocycles. The Balaban J connectivity index is 1.58. The summed E-state index contributed by atoms with van der Waals surface area (Å²) < 4.78 is 5.41. The SMILES string of the molecule is CN(CC1(CO)CCOCC1)C(=O)c1ccc(CN2CCCCC2)cc1. The Morgan fingerprint density at radius 1 is 1.15 bits per heavy atom. The zero-order chi connectivity index (χ0) is 18.4. The lowest BCUT2D eigenvalue weighted by Gasteiger charge is -2.38. The highest BCUT2D eigenvalue weighted by Gasteiger charge is 2.34. The molecule has 0 unspecified atom stereocenters. The molecule has 1 amide bonds. The van der Waals surface area contributed by atoms with Crippen LogP contribution in [0.2, 0.25) is 0 Å². The Hall–Kier alpha value is -1.43. The maximum absolute atomic E-state index is 12.8. The van der Waals surface area contributed by atoms with Crippen molar-refractivity contribution in [2.24, 2.45) is 5.41 Å². The molecule has 0 spiro atoms. The van der Waals surface area contributed by atoms with Crippen LogP contribution in [0.4, 0.5) is 0 Å². The third-order valence-electron chi connectivity index (χ3n) is 5.86. The van der Waals surface area contributed by atoms with Crippen LogP contribution in [0.3, 0.4) is 0 Å². The molecule has 1 aromatic carbocycles. The number of amides is 1. The summed E-state index contributed by atoms with van der Waals surface area (Å²) in [5.74, 6) is 0.0221. The average molecular weight is 360 g/mol. The van der Waals surface area contributed by atoms with Crippen LogP contribution >= 0.6 is 0 Å². The zero-order valence-corrected chi connectivity index (χ0v) is 16.0. The molecule has 2 heterocycles. The summed E-state index contributed by atoms with van der Waals surface area (Å²) >= 11 is 0. The van der Waals surface area contributed by atoms with Crippen LogP contribution in [0.15, 0.2) is 24.3 Å². The number of nitrogens with zero attached hydrogens (tertiary/aromatic N) is 2. The van der Waals surface area contributed by atoms with Crippen LogP contribution in [0, 0.1) is 5.41 Å². The Morgan fingerprint density at radius 3 is 2.42 bits per heavy atom. The van der Waals surface area contributed by atoms with Crippen molar-refractivity contribution < 1.29 is 14.6 Å². The Bertz CT molecular complexity index is 575. The number of piperidine rings is 1. The van der Waals surface area contributed by atoms with Crippen molar-refractivity contribution in [1.82, 2.24) is 9.80 Å². The summed E-state index contributed by atoms with van der Waals surface area (Å²) in [6, 6.07) is 8.03. The minimum Gasteiger partial charge on any atom is -0.396 e. The lowest BCUT2D eigenvalue weighted by atomic mass is 9.80. The van der Waals surface area contributed by atoms with Gasteiger partial charge in [-0.05, 0) is 56.5 Å². The fourth-order valence-corrected chi connectivity index (χ4v) is 4.09. The molecule has 2 saturated heterocycles.